The molecule has 2 aromatic carbocycles. The fourth-order valence-electron chi connectivity index (χ4n) is 4.01. The molecule has 4 heteroatoms. The van der Waals surface area contributed by atoms with Crippen LogP contribution in [0.2, 0.25) is 0 Å². The number of carbonyl (C=O) groups excluding carboxylic acids is 2. The summed E-state index contributed by atoms with van der Waals surface area (Å²) < 4.78 is 11.8. The van der Waals surface area contributed by atoms with Gasteiger partial charge in [0, 0.05) is 25.7 Å². The van der Waals surface area contributed by atoms with Crippen LogP contribution in [0.25, 0.3) is 0 Å². The molecule has 0 aliphatic carbocycles. The van der Waals surface area contributed by atoms with Crippen molar-refractivity contribution < 1.29 is 19.1 Å². The fourth-order valence-corrected chi connectivity index (χ4v) is 4.01. The Morgan fingerprint density at radius 3 is 1.29 bits per heavy atom. The summed E-state index contributed by atoms with van der Waals surface area (Å²) >= 11 is 0. The van der Waals surface area contributed by atoms with Gasteiger partial charge in [-0.3, -0.25) is 9.59 Å². The largest absolute Gasteiger partial charge is 0.449 e. The summed E-state index contributed by atoms with van der Waals surface area (Å²) in [6.45, 7) is 0. The molecule has 2 aliphatic rings. The molecule has 4 nitrogen and oxygen atoms in total. The molecule has 0 amide bonds. The summed E-state index contributed by atoms with van der Waals surface area (Å²) in [4.78, 5) is 24.2. The number of esters is 2. The molecule has 4 rings (SSSR count). The third-order valence-electron chi connectivity index (χ3n) is 5.07. The second-order valence-electron chi connectivity index (χ2n) is 6.33. The second-order valence-corrected chi connectivity index (χ2v) is 6.33. The van der Waals surface area contributed by atoms with E-state index in [9.17, 15) is 9.59 Å². The Balaban J connectivity index is 1.95. The van der Waals surface area contributed by atoms with Crippen molar-refractivity contribution in [2.75, 3.05) is 0 Å². The number of hydrogen-bond acceptors (Lipinski definition) is 4. The van der Waals surface area contributed by atoms with Crippen LogP contribution in [0.15, 0.2) is 60.7 Å². The fraction of sp³-hybridized carbons (Fsp3) is 0.300. The van der Waals surface area contributed by atoms with Gasteiger partial charge in [-0.1, -0.05) is 60.7 Å². The molecule has 24 heavy (non-hydrogen) atoms. The Labute approximate surface area is 140 Å². The molecule has 0 N–H and O–H groups in total. The first-order chi connectivity index (χ1) is 11.7. The van der Waals surface area contributed by atoms with Crippen molar-refractivity contribution in [1.82, 2.24) is 0 Å². The molecule has 2 aliphatic heterocycles. The maximum atomic E-state index is 12.1. The highest BCUT2D eigenvalue weighted by molar-refractivity contribution is 5.76. The Kier molecular flexibility index (Phi) is 3.41. The van der Waals surface area contributed by atoms with Crippen molar-refractivity contribution in [3.8, 4) is 0 Å². The minimum atomic E-state index is -0.973. The summed E-state index contributed by atoms with van der Waals surface area (Å²) in [5.74, 6) is -0.505. The van der Waals surface area contributed by atoms with Crippen molar-refractivity contribution in [3.63, 3.8) is 0 Å². The van der Waals surface area contributed by atoms with Crippen LogP contribution < -0.4 is 0 Å². The minimum Gasteiger partial charge on any atom is -0.449 e. The van der Waals surface area contributed by atoms with E-state index in [2.05, 4.69) is 0 Å². The van der Waals surface area contributed by atoms with Crippen molar-refractivity contribution in [1.29, 1.82) is 0 Å². The Morgan fingerprint density at radius 1 is 0.625 bits per heavy atom. The highest BCUT2D eigenvalue weighted by atomic mass is 16.6. The summed E-state index contributed by atoms with van der Waals surface area (Å²) in [6, 6.07) is 19.3. The molecular formula is C20H18O4. The van der Waals surface area contributed by atoms with Gasteiger partial charge in [-0.2, -0.15) is 0 Å². The van der Waals surface area contributed by atoms with E-state index in [0.29, 0.717) is 25.7 Å². The molecule has 0 radical (unpaired) electrons. The first-order valence-corrected chi connectivity index (χ1v) is 8.21. The zero-order chi connectivity index (χ0) is 16.6. The lowest BCUT2D eigenvalue weighted by atomic mass is 9.70. The molecule has 2 fully saturated rings. The van der Waals surface area contributed by atoms with Gasteiger partial charge in [-0.15, -0.1) is 0 Å². The smallest absolute Gasteiger partial charge is 0.307 e. The maximum Gasteiger partial charge on any atom is 0.307 e. The normalized spacial score (nSPS) is 29.3. The quantitative estimate of drug-likeness (QED) is 0.812. The molecular weight excluding hydrogens is 304 g/mol. The lowest BCUT2D eigenvalue weighted by molar-refractivity contribution is -0.197. The van der Waals surface area contributed by atoms with Gasteiger partial charge in [0.25, 0.3) is 0 Å². The van der Waals surface area contributed by atoms with Gasteiger partial charge < -0.3 is 9.47 Å². The first kappa shape index (κ1) is 14.9. The van der Waals surface area contributed by atoms with Gasteiger partial charge in [-0.05, 0) is 11.1 Å². The van der Waals surface area contributed by atoms with Crippen LogP contribution in [0.4, 0.5) is 0 Å². The number of benzene rings is 2. The van der Waals surface area contributed by atoms with Crippen molar-refractivity contribution in [2.45, 2.75) is 36.9 Å². The maximum absolute atomic E-state index is 12.1. The highest BCUT2D eigenvalue weighted by Gasteiger charge is 2.63. The Hall–Kier alpha value is -2.62. The molecule has 2 heterocycles. The van der Waals surface area contributed by atoms with Crippen LogP contribution in [0, 0.1) is 0 Å². The van der Waals surface area contributed by atoms with Crippen LogP contribution in [-0.4, -0.2) is 11.9 Å². The number of carbonyl (C=O) groups is 2. The topological polar surface area (TPSA) is 52.6 Å². The minimum absolute atomic E-state index is 0.253. The third kappa shape index (κ3) is 2.06. The van der Waals surface area contributed by atoms with Gasteiger partial charge in [0.15, 0.2) is 11.2 Å². The first-order valence-electron chi connectivity index (χ1n) is 8.21. The van der Waals surface area contributed by atoms with E-state index in [1.807, 2.05) is 60.7 Å². The zero-order valence-electron chi connectivity index (χ0n) is 13.2. The van der Waals surface area contributed by atoms with Crippen LogP contribution in [0.3, 0.4) is 0 Å². The van der Waals surface area contributed by atoms with Crippen molar-refractivity contribution in [3.05, 3.63) is 71.8 Å². The Morgan fingerprint density at radius 2 is 1.00 bits per heavy atom. The van der Waals surface area contributed by atoms with E-state index >= 15 is 0 Å². The lowest BCUT2D eigenvalue weighted by Gasteiger charge is -2.44. The summed E-state index contributed by atoms with van der Waals surface area (Å²) in [7, 11) is 0. The number of ether oxygens (including phenoxy) is 2. The summed E-state index contributed by atoms with van der Waals surface area (Å²) in [5, 5.41) is 0. The molecule has 2 saturated heterocycles. The number of rotatable bonds is 3. The van der Waals surface area contributed by atoms with Gasteiger partial charge in [-0.25, -0.2) is 0 Å². The van der Waals surface area contributed by atoms with Crippen molar-refractivity contribution in [2.24, 2.45) is 0 Å². The lowest BCUT2D eigenvalue weighted by Crippen LogP contribution is -2.49. The standard InChI is InChI=1S/C20H18O4/c21-17-11-13-19(23-17,15-7-3-1-4-8-15)20(14-12-18(22)24-20)16-9-5-2-6-10-16/h1-10H,11-14H2/t19-,20-/m1/s1. The molecule has 122 valence electrons. The van der Waals surface area contributed by atoms with E-state index in [4.69, 9.17) is 9.47 Å². The van der Waals surface area contributed by atoms with Gasteiger partial charge in [0.2, 0.25) is 0 Å². The van der Waals surface area contributed by atoms with E-state index in [1.165, 1.54) is 0 Å². The van der Waals surface area contributed by atoms with Crippen LogP contribution in [0.5, 0.6) is 0 Å². The van der Waals surface area contributed by atoms with E-state index in [0.717, 1.165) is 11.1 Å². The molecule has 0 unspecified atom stereocenters. The molecule has 2 aromatic rings. The predicted molar refractivity (Wildman–Crippen MR) is 86.9 cm³/mol. The highest BCUT2D eigenvalue weighted by Crippen LogP contribution is 2.56. The SMILES string of the molecule is O=C1CC[C@@](c2ccccc2)([C@]2(c3ccccc3)CCC(=O)O2)O1. The van der Waals surface area contributed by atoms with Crippen LogP contribution in [0.1, 0.15) is 36.8 Å². The molecule has 2 atom stereocenters. The van der Waals surface area contributed by atoms with Gasteiger partial charge in [0.05, 0.1) is 0 Å². The Bertz CT molecular complexity index is 703. The predicted octanol–water partition coefficient (Wildman–Crippen LogP) is 3.45. The summed E-state index contributed by atoms with van der Waals surface area (Å²) in [6.07, 6.45) is 1.64. The average molecular weight is 322 g/mol. The van der Waals surface area contributed by atoms with Crippen molar-refractivity contribution >= 4 is 11.9 Å². The van der Waals surface area contributed by atoms with Gasteiger partial charge in [0.1, 0.15) is 0 Å². The van der Waals surface area contributed by atoms with Crippen LogP contribution in [-0.2, 0) is 30.3 Å². The van der Waals surface area contributed by atoms with E-state index in [-0.39, 0.29) is 11.9 Å². The number of hydrogen-bond donors (Lipinski definition) is 0. The van der Waals surface area contributed by atoms with Gasteiger partial charge >= 0.3 is 11.9 Å². The summed E-state index contributed by atoms with van der Waals surface area (Å²) in [5.41, 5.74) is -0.207. The molecule has 0 bridgehead atoms. The average Bonchev–Trinajstić information content (AvgIpc) is 3.22. The van der Waals surface area contributed by atoms with E-state index < -0.39 is 11.2 Å². The van der Waals surface area contributed by atoms with E-state index in [1.54, 1.807) is 0 Å². The van der Waals surface area contributed by atoms with Crippen LogP contribution >= 0.6 is 0 Å². The molecule has 0 spiro atoms. The third-order valence-corrected chi connectivity index (χ3v) is 5.07. The second kappa shape index (κ2) is 5.48. The molecule has 0 saturated carbocycles. The molecule has 0 aromatic heterocycles. The monoisotopic (exact) mass is 322 g/mol. The number of cyclic esters (lactones) is 2. The zero-order valence-corrected chi connectivity index (χ0v) is 13.2.